The van der Waals surface area contributed by atoms with Crippen LogP contribution >= 0.6 is 11.6 Å². The van der Waals surface area contributed by atoms with E-state index in [1.807, 2.05) is 25.1 Å². The molecule has 0 amide bonds. The number of benzene rings is 1. The minimum absolute atomic E-state index is 0.135. The minimum atomic E-state index is 0.135. The van der Waals surface area contributed by atoms with E-state index in [9.17, 15) is 0 Å². The summed E-state index contributed by atoms with van der Waals surface area (Å²) in [4.78, 5) is 7.85. The lowest BCUT2D eigenvalue weighted by Crippen LogP contribution is -2.01. The molecule has 0 aliphatic rings. The van der Waals surface area contributed by atoms with E-state index in [2.05, 4.69) is 15.3 Å². The zero-order valence-corrected chi connectivity index (χ0v) is 10.8. The summed E-state index contributed by atoms with van der Waals surface area (Å²) in [6, 6.07) is 7.30. The lowest BCUT2D eigenvalue weighted by molar-refractivity contribution is 0.414. The highest BCUT2D eigenvalue weighted by molar-refractivity contribution is 6.29. The maximum absolute atomic E-state index is 5.81. The number of ether oxygens (including phenoxy) is 1. The third-order valence-electron chi connectivity index (χ3n) is 2.41. The molecule has 2 aromatic rings. The molecule has 3 N–H and O–H groups in total. The van der Waals surface area contributed by atoms with E-state index < -0.39 is 0 Å². The first kappa shape index (κ1) is 12.4. The summed E-state index contributed by atoms with van der Waals surface area (Å²) in [5.41, 5.74) is 7.47. The van der Waals surface area contributed by atoms with E-state index >= 15 is 0 Å². The van der Waals surface area contributed by atoms with Gasteiger partial charge in [-0.05, 0) is 30.7 Å². The predicted octanol–water partition coefficient (Wildman–Crippen LogP) is 2.77. The molecule has 0 saturated heterocycles. The lowest BCUT2D eigenvalue weighted by Gasteiger charge is -2.10. The van der Waals surface area contributed by atoms with Gasteiger partial charge in [0.15, 0.2) is 0 Å². The molecule has 0 saturated carbocycles. The van der Waals surface area contributed by atoms with Crippen LogP contribution in [0.2, 0.25) is 5.15 Å². The minimum Gasteiger partial charge on any atom is -0.497 e. The second-order valence-corrected chi connectivity index (χ2v) is 4.13. The van der Waals surface area contributed by atoms with Gasteiger partial charge in [0.1, 0.15) is 16.7 Å². The molecule has 0 atom stereocenters. The molecule has 1 aromatic carbocycles. The molecule has 0 unspecified atom stereocenters. The molecule has 0 fully saturated rings. The quantitative estimate of drug-likeness (QED) is 0.834. The van der Waals surface area contributed by atoms with Crippen LogP contribution in [0.1, 0.15) is 5.56 Å². The van der Waals surface area contributed by atoms with Gasteiger partial charge in [-0.1, -0.05) is 11.6 Å². The first-order valence-corrected chi connectivity index (χ1v) is 5.68. The molecule has 6 heteroatoms. The Morgan fingerprint density at radius 2 is 2.06 bits per heavy atom. The first-order chi connectivity index (χ1) is 8.58. The lowest BCUT2D eigenvalue weighted by atomic mass is 10.2. The van der Waals surface area contributed by atoms with Gasteiger partial charge in [-0.3, -0.25) is 0 Å². The van der Waals surface area contributed by atoms with Crippen LogP contribution in [-0.2, 0) is 0 Å². The highest BCUT2D eigenvalue weighted by atomic mass is 35.5. The van der Waals surface area contributed by atoms with Crippen molar-refractivity contribution in [3.05, 3.63) is 35.0 Å². The number of halogens is 1. The fraction of sp³-hybridized carbons (Fsp3) is 0.167. The summed E-state index contributed by atoms with van der Waals surface area (Å²) in [5, 5.41) is 3.44. The molecule has 18 heavy (non-hydrogen) atoms. The number of aryl methyl sites for hydroxylation is 1. The normalized spacial score (nSPS) is 10.2. The summed E-state index contributed by atoms with van der Waals surface area (Å²) in [6.45, 7) is 1.97. The molecule has 0 bridgehead atoms. The van der Waals surface area contributed by atoms with Crippen molar-refractivity contribution >= 4 is 29.1 Å². The molecule has 0 aliphatic carbocycles. The second-order valence-electron chi connectivity index (χ2n) is 3.74. The maximum atomic E-state index is 5.81. The average Bonchev–Trinajstić information content (AvgIpc) is 2.30. The Kier molecular flexibility index (Phi) is 3.53. The molecule has 0 spiro atoms. The smallest absolute Gasteiger partial charge is 0.223 e. The number of anilines is 3. The van der Waals surface area contributed by atoms with Crippen molar-refractivity contribution in [1.29, 1.82) is 0 Å². The standard InChI is InChI=1S/C12H13ClN4O/c1-7-5-8(18-2)3-4-9(7)15-11-6-10(13)16-12(14)17-11/h3-6H,1-2H3,(H3,14,15,16,17). The summed E-state index contributed by atoms with van der Waals surface area (Å²) >= 11 is 5.81. The van der Waals surface area contributed by atoms with Crippen molar-refractivity contribution in [2.24, 2.45) is 0 Å². The third-order valence-corrected chi connectivity index (χ3v) is 2.60. The number of nitrogens with one attached hydrogen (secondary N) is 1. The topological polar surface area (TPSA) is 73.1 Å². The summed E-state index contributed by atoms with van der Waals surface area (Å²) in [6.07, 6.45) is 0. The Hall–Kier alpha value is -2.01. The van der Waals surface area contributed by atoms with E-state index in [0.717, 1.165) is 17.0 Å². The van der Waals surface area contributed by atoms with Gasteiger partial charge in [-0.25, -0.2) is 4.98 Å². The Balaban J connectivity index is 2.28. The number of hydrogen-bond acceptors (Lipinski definition) is 5. The summed E-state index contributed by atoms with van der Waals surface area (Å²) in [7, 11) is 1.63. The molecular weight excluding hydrogens is 252 g/mol. The molecule has 1 aromatic heterocycles. The van der Waals surface area contributed by atoms with Gasteiger partial charge in [-0.2, -0.15) is 4.98 Å². The third kappa shape index (κ3) is 2.81. The molecule has 5 nitrogen and oxygen atoms in total. The van der Waals surface area contributed by atoms with Crippen LogP contribution in [0.3, 0.4) is 0 Å². The number of hydrogen-bond donors (Lipinski definition) is 2. The van der Waals surface area contributed by atoms with Crippen molar-refractivity contribution in [2.75, 3.05) is 18.2 Å². The molecule has 0 aliphatic heterocycles. The van der Waals surface area contributed by atoms with Crippen LogP contribution in [0.25, 0.3) is 0 Å². The Morgan fingerprint density at radius 1 is 1.28 bits per heavy atom. The molecule has 94 valence electrons. The van der Waals surface area contributed by atoms with Crippen molar-refractivity contribution in [3.8, 4) is 5.75 Å². The molecular formula is C12H13ClN4O. The van der Waals surface area contributed by atoms with Gasteiger partial charge < -0.3 is 15.8 Å². The van der Waals surface area contributed by atoms with Crippen LogP contribution in [0.5, 0.6) is 5.75 Å². The fourth-order valence-electron chi connectivity index (χ4n) is 1.54. The molecule has 0 radical (unpaired) electrons. The van der Waals surface area contributed by atoms with Crippen LogP contribution in [0.15, 0.2) is 24.3 Å². The van der Waals surface area contributed by atoms with E-state index in [1.165, 1.54) is 0 Å². The van der Waals surface area contributed by atoms with Crippen LogP contribution < -0.4 is 15.8 Å². The zero-order valence-electron chi connectivity index (χ0n) is 10.1. The fourth-order valence-corrected chi connectivity index (χ4v) is 1.73. The number of nitrogen functional groups attached to an aromatic ring is 1. The van der Waals surface area contributed by atoms with Gasteiger partial charge >= 0.3 is 0 Å². The number of methoxy groups -OCH3 is 1. The summed E-state index contributed by atoms with van der Waals surface area (Å²) in [5.74, 6) is 1.50. The van der Waals surface area contributed by atoms with Gasteiger partial charge in [0, 0.05) is 11.8 Å². The first-order valence-electron chi connectivity index (χ1n) is 5.30. The van der Waals surface area contributed by atoms with Crippen molar-refractivity contribution < 1.29 is 4.74 Å². The van der Waals surface area contributed by atoms with Crippen molar-refractivity contribution in [2.45, 2.75) is 6.92 Å². The van der Waals surface area contributed by atoms with Gasteiger partial charge in [-0.15, -0.1) is 0 Å². The maximum Gasteiger partial charge on any atom is 0.223 e. The Labute approximate surface area is 110 Å². The monoisotopic (exact) mass is 264 g/mol. The number of nitrogens with zero attached hydrogens (tertiary/aromatic N) is 2. The van der Waals surface area contributed by atoms with Gasteiger partial charge in [0.25, 0.3) is 0 Å². The van der Waals surface area contributed by atoms with E-state index in [-0.39, 0.29) is 5.95 Å². The van der Waals surface area contributed by atoms with Crippen LogP contribution in [-0.4, -0.2) is 17.1 Å². The Bertz CT molecular complexity index is 554. The SMILES string of the molecule is COc1ccc(Nc2cc(Cl)nc(N)n2)c(C)c1. The van der Waals surface area contributed by atoms with Crippen molar-refractivity contribution in [3.63, 3.8) is 0 Å². The van der Waals surface area contributed by atoms with Crippen LogP contribution in [0, 0.1) is 6.92 Å². The average molecular weight is 265 g/mol. The number of aromatic nitrogens is 2. The van der Waals surface area contributed by atoms with E-state index in [1.54, 1.807) is 13.2 Å². The zero-order chi connectivity index (χ0) is 13.1. The molecule has 1 heterocycles. The number of nitrogens with two attached hydrogens (primary N) is 1. The van der Waals surface area contributed by atoms with Gasteiger partial charge in [0.2, 0.25) is 5.95 Å². The number of rotatable bonds is 3. The predicted molar refractivity (Wildman–Crippen MR) is 72.5 cm³/mol. The Morgan fingerprint density at radius 3 is 2.67 bits per heavy atom. The van der Waals surface area contributed by atoms with E-state index in [4.69, 9.17) is 22.1 Å². The van der Waals surface area contributed by atoms with E-state index in [0.29, 0.717) is 11.0 Å². The molecule has 2 rings (SSSR count). The van der Waals surface area contributed by atoms with Crippen molar-refractivity contribution in [1.82, 2.24) is 9.97 Å². The highest BCUT2D eigenvalue weighted by Gasteiger charge is 2.04. The largest absolute Gasteiger partial charge is 0.497 e. The second kappa shape index (κ2) is 5.10. The highest BCUT2D eigenvalue weighted by Crippen LogP contribution is 2.24. The summed E-state index contributed by atoms with van der Waals surface area (Å²) < 4.78 is 5.14. The van der Waals surface area contributed by atoms with Crippen LogP contribution in [0.4, 0.5) is 17.5 Å². The van der Waals surface area contributed by atoms with Gasteiger partial charge in [0.05, 0.1) is 7.11 Å².